The highest BCUT2D eigenvalue weighted by molar-refractivity contribution is 9.10. The Bertz CT molecular complexity index is 569. The minimum Gasteiger partial charge on any atom is -0.469 e. The fourth-order valence-corrected chi connectivity index (χ4v) is 2.77. The molecule has 0 saturated carbocycles. The first-order chi connectivity index (χ1) is 9.06. The standard InChI is InChI=1S/C14H15BrN2OS/c1-9(7-11-3-2-6-18-11)17-10-4-5-12(14(16)19)13(15)8-10/h2-6,8-9,17H,7H2,1H3,(H2,16,19). The molecule has 0 radical (unpaired) electrons. The van der Waals surface area contributed by atoms with Gasteiger partial charge in [0.1, 0.15) is 10.7 Å². The number of halogens is 1. The third kappa shape index (κ3) is 3.81. The average molecular weight is 339 g/mol. The Hall–Kier alpha value is -1.33. The summed E-state index contributed by atoms with van der Waals surface area (Å²) in [5.41, 5.74) is 7.49. The Morgan fingerprint density at radius 2 is 2.26 bits per heavy atom. The maximum Gasteiger partial charge on any atom is 0.105 e. The van der Waals surface area contributed by atoms with Gasteiger partial charge >= 0.3 is 0 Å². The van der Waals surface area contributed by atoms with Crippen LogP contribution < -0.4 is 11.1 Å². The predicted octanol–water partition coefficient (Wildman–Crippen LogP) is 3.72. The highest BCUT2D eigenvalue weighted by Gasteiger charge is 2.08. The number of nitrogens with one attached hydrogen (secondary N) is 1. The molecule has 0 fully saturated rings. The molecule has 0 aliphatic heterocycles. The van der Waals surface area contributed by atoms with Crippen molar-refractivity contribution >= 4 is 38.8 Å². The molecule has 3 nitrogen and oxygen atoms in total. The van der Waals surface area contributed by atoms with Crippen LogP contribution in [-0.4, -0.2) is 11.0 Å². The summed E-state index contributed by atoms with van der Waals surface area (Å²) in [6.45, 7) is 2.11. The lowest BCUT2D eigenvalue weighted by Crippen LogP contribution is -2.18. The van der Waals surface area contributed by atoms with Crippen LogP contribution >= 0.6 is 28.1 Å². The monoisotopic (exact) mass is 338 g/mol. The van der Waals surface area contributed by atoms with Gasteiger partial charge in [-0.25, -0.2) is 0 Å². The molecule has 0 aliphatic carbocycles. The van der Waals surface area contributed by atoms with Crippen LogP contribution in [0, 0.1) is 0 Å². The molecule has 3 N–H and O–H groups in total. The average Bonchev–Trinajstić information content (AvgIpc) is 2.81. The van der Waals surface area contributed by atoms with E-state index in [1.807, 2.05) is 30.3 Å². The zero-order valence-electron chi connectivity index (χ0n) is 10.5. The van der Waals surface area contributed by atoms with Crippen LogP contribution in [0.5, 0.6) is 0 Å². The summed E-state index contributed by atoms with van der Waals surface area (Å²) < 4.78 is 6.23. The molecule has 0 spiro atoms. The molecule has 2 rings (SSSR count). The van der Waals surface area contributed by atoms with Crippen molar-refractivity contribution in [1.29, 1.82) is 0 Å². The van der Waals surface area contributed by atoms with Crippen LogP contribution in [0.1, 0.15) is 18.2 Å². The summed E-state index contributed by atoms with van der Waals surface area (Å²) in [5.74, 6) is 0.971. The molecule has 100 valence electrons. The maximum absolute atomic E-state index is 5.62. The van der Waals surface area contributed by atoms with Gasteiger partial charge in [-0.2, -0.15) is 0 Å². The van der Waals surface area contributed by atoms with Crippen LogP contribution in [0.2, 0.25) is 0 Å². The molecule has 1 heterocycles. The lowest BCUT2D eigenvalue weighted by Gasteiger charge is -2.15. The Morgan fingerprint density at radius 3 is 2.84 bits per heavy atom. The Labute approximate surface area is 126 Å². The zero-order chi connectivity index (χ0) is 13.8. The van der Waals surface area contributed by atoms with E-state index in [1.165, 1.54) is 0 Å². The third-order valence-electron chi connectivity index (χ3n) is 2.74. The number of hydrogen-bond donors (Lipinski definition) is 2. The molecule has 5 heteroatoms. The summed E-state index contributed by atoms with van der Waals surface area (Å²) in [6, 6.07) is 10.0. The van der Waals surface area contributed by atoms with E-state index < -0.39 is 0 Å². The topological polar surface area (TPSA) is 51.2 Å². The van der Waals surface area contributed by atoms with Crippen molar-refractivity contribution in [1.82, 2.24) is 0 Å². The SMILES string of the molecule is CC(Cc1ccco1)Nc1ccc(C(N)=S)c(Br)c1. The fourth-order valence-electron chi connectivity index (χ4n) is 1.87. The van der Waals surface area contributed by atoms with Crippen molar-refractivity contribution in [2.45, 2.75) is 19.4 Å². The molecule has 0 amide bonds. The van der Waals surface area contributed by atoms with Gasteiger partial charge in [-0.1, -0.05) is 12.2 Å². The molecular weight excluding hydrogens is 324 g/mol. The molecule has 1 aromatic heterocycles. The van der Waals surface area contributed by atoms with E-state index in [2.05, 4.69) is 28.2 Å². The predicted molar refractivity (Wildman–Crippen MR) is 85.5 cm³/mol. The molecule has 0 aliphatic rings. The molecule has 1 atom stereocenters. The van der Waals surface area contributed by atoms with Crippen molar-refractivity contribution in [3.63, 3.8) is 0 Å². The van der Waals surface area contributed by atoms with Crippen LogP contribution in [0.25, 0.3) is 0 Å². The van der Waals surface area contributed by atoms with E-state index in [9.17, 15) is 0 Å². The van der Waals surface area contributed by atoms with Gasteiger partial charge in [0.2, 0.25) is 0 Å². The second-order valence-corrected chi connectivity index (χ2v) is 5.68. The van der Waals surface area contributed by atoms with Gasteiger partial charge in [0.25, 0.3) is 0 Å². The summed E-state index contributed by atoms with van der Waals surface area (Å²) in [7, 11) is 0. The molecule has 19 heavy (non-hydrogen) atoms. The summed E-state index contributed by atoms with van der Waals surface area (Å²) in [4.78, 5) is 0.391. The van der Waals surface area contributed by atoms with E-state index in [0.29, 0.717) is 4.99 Å². The van der Waals surface area contributed by atoms with E-state index in [1.54, 1.807) is 6.26 Å². The zero-order valence-corrected chi connectivity index (χ0v) is 12.9. The summed E-state index contributed by atoms with van der Waals surface area (Å²) in [6.07, 6.45) is 2.53. The lowest BCUT2D eigenvalue weighted by atomic mass is 10.1. The minimum absolute atomic E-state index is 0.272. The second kappa shape index (κ2) is 6.21. The van der Waals surface area contributed by atoms with Crippen LogP contribution in [0.15, 0.2) is 45.5 Å². The first kappa shape index (κ1) is 14.1. The second-order valence-electron chi connectivity index (χ2n) is 4.39. The van der Waals surface area contributed by atoms with Crippen LogP contribution in [0.3, 0.4) is 0 Å². The summed E-state index contributed by atoms with van der Waals surface area (Å²) in [5, 5.41) is 3.41. The number of thiocarbonyl (C=S) groups is 1. The smallest absolute Gasteiger partial charge is 0.105 e. The van der Waals surface area contributed by atoms with Gasteiger partial charge in [0.05, 0.1) is 6.26 Å². The molecule has 2 aromatic rings. The number of hydrogen-bond acceptors (Lipinski definition) is 3. The highest BCUT2D eigenvalue weighted by atomic mass is 79.9. The van der Waals surface area contributed by atoms with Crippen LogP contribution in [-0.2, 0) is 6.42 Å². The number of benzene rings is 1. The Balaban J connectivity index is 2.03. The van der Waals surface area contributed by atoms with E-state index >= 15 is 0 Å². The molecule has 0 saturated heterocycles. The number of nitrogens with two attached hydrogens (primary N) is 1. The van der Waals surface area contributed by atoms with E-state index in [0.717, 1.165) is 27.9 Å². The Morgan fingerprint density at radius 1 is 1.47 bits per heavy atom. The fraction of sp³-hybridized carbons (Fsp3) is 0.214. The van der Waals surface area contributed by atoms with Gasteiger partial charge < -0.3 is 15.5 Å². The minimum atomic E-state index is 0.272. The Kier molecular flexibility index (Phi) is 4.61. The molecule has 0 bridgehead atoms. The van der Waals surface area contributed by atoms with Gasteiger partial charge in [0.15, 0.2) is 0 Å². The lowest BCUT2D eigenvalue weighted by molar-refractivity contribution is 0.498. The maximum atomic E-state index is 5.62. The van der Waals surface area contributed by atoms with Gasteiger partial charge in [0, 0.05) is 28.2 Å². The molecule has 1 unspecified atom stereocenters. The van der Waals surface area contributed by atoms with Crippen molar-refractivity contribution in [2.75, 3.05) is 5.32 Å². The quantitative estimate of drug-likeness (QED) is 0.815. The molecular formula is C14H15BrN2OS. The van der Waals surface area contributed by atoms with Gasteiger partial charge in [-0.3, -0.25) is 0 Å². The van der Waals surface area contributed by atoms with E-state index in [-0.39, 0.29) is 6.04 Å². The van der Waals surface area contributed by atoms with Crippen molar-refractivity contribution in [3.8, 4) is 0 Å². The third-order valence-corrected chi connectivity index (χ3v) is 3.61. The van der Waals surface area contributed by atoms with Crippen molar-refractivity contribution < 1.29 is 4.42 Å². The first-order valence-electron chi connectivity index (χ1n) is 5.94. The molecule has 1 aromatic carbocycles. The largest absolute Gasteiger partial charge is 0.469 e. The number of rotatable bonds is 5. The number of anilines is 1. The highest BCUT2D eigenvalue weighted by Crippen LogP contribution is 2.22. The van der Waals surface area contributed by atoms with Crippen molar-refractivity contribution in [2.24, 2.45) is 5.73 Å². The summed E-state index contributed by atoms with van der Waals surface area (Å²) >= 11 is 8.44. The first-order valence-corrected chi connectivity index (χ1v) is 7.14. The van der Waals surface area contributed by atoms with E-state index in [4.69, 9.17) is 22.4 Å². The normalized spacial score (nSPS) is 12.1. The number of furan rings is 1. The van der Waals surface area contributed by atoms with Crippen LogP contribution in [0.4, 0.5) is 5.69 Å². The van der Waals surface area contributed by atoms with Crippen molar-refractivity contribution in [3.05, 3.63) is 52.4 Å². The van der Waals surface area contributed by atoms with Gasteiger partial charge in [-0.05, 0) is 53.2 Å². The van der Waals surface area contributed by atoms with Gasteiger partial charge in [-0.15, -0.1) is 0 Å².